The maximum Gasteiger partial charge on any atom is 0.407 e. The Morgan fingerprint density at radius 1 is 1.57 bits per heavy atom. The molecule has 4 heteroatoms. The van der Waals surface area contributed by atoms with E-state index < -0.39 is 5.60 Å². The lowest BCUT2D eigenvalue weighted by atomic mass is 10.1. The van der Waals surface area contributed by atoms with Crippen LogP contribution in [0.1, 0.15) is 27.2 Å². The lowest BCUT2D eigenvalue weighted by Crippen LogP contribution is -2.81. The fourth-order valence-corrected chi connectivity index (χ4v) is 1.55. The molecule has 0 aliphatic carbocycles. The third-order valence-corrected chi connectivity index (χ3v) is 2.21. The number of hydrogen-bond acceptors (Lipinski definition) is 2. The smallest absolute Gasteiger partial charge is 0.407 e. The second kappa shape index (κ2) is 4.64. The number of quaternary nitrogens is 1. The van der Waals surface area contributed by atoms with Gasteiger partial charge in [-0.2, -0.15) is 0 Å². The number of alkyl carbamates (subject to hydrolysis) is 1. The number of ether oxygens (including phenoxy) is 1. The predicted octanol–water partition coefficient (Wildman–Crippen LogP) is 0.0944. The number of amides is 1. The third kappa shape index (κ3) is 4.46. The molecule has 0 saturated carbocycles. The number of rotatable bonds is 2. The Labute approximate surface area is 85.4 Å². The molecule has 0 bridgehead atoms. The summed E-state index contributed by atoms with van der Waals surface area (Å²) < 4.78 is 5.14. The average Bonchev–Trinajstić information content (AvgIpc) is 2.49. The Balaban J connectivity index is 2.14. The van der Waals surface area contributed by atoms with Crippen LogP contribution in [0.2, 0.25) is 0 Å². The summed E-state index contributed by atoms with van der Waals surface area (Å²) >= 11 is 0. The van der Waals surface area contributed by atoms with Crippen molar-refractivity contribution in [1.29, 1.82) is 0 Å². The molecule has 82 valence electrons. The second-order valence-electron chi connectivity index (χ2n) is 4.85. The molecule has 1 saturated heterocycles. The van der Waals surface area contributed by atoms with E-state index in [1.165, 1.54) is 13.0 Å². The Bertz CT molecular complexity index is 193. The molecule has 0 aromatic heterocycles. The van der Waals surface area contributed by atoms with Crippen LogP contribution in [-0.2, 0) is 4.74 Å². The van der Waals surface area contributed by atoms with Crippen LogP contribution in [0.5, 0.6) is 0 Å². The number of carbonyl (C=O) groups is 1. The van der Waals surface area contributed by atoms with Crippen molar-refractivity contribution in [2.45, 2.75) is 32.8 Å². The van der Waals surface area contributed by atoms with Gasteiger partial charge in [0.25, 0.3) is 0 Å². The highest BCUT2D eigenvalue weighted by molar-refractivity contribution is 5.67. The van der Waals surface area contributed by atoms with Gasteiger partial charge >= 0.3 is 6.09 Å². The SMILES string of the molecule is CC(C)(C)OC(=O)NC[C@@H]1CC[NH2+]C1. The van der Waals surface area contributed by atoms with E-state index in [-0.39, 0.29) is 6.09 Å². The molecule has 1 fully saturated rings. The third-order valence-electron chi connectivity index (χ3n) is 2.21. The molecule has 1 aliphatic heterocycles. The lowest BCUT2D eigenvalue weighted by molar-refractivity contribution is -0.638. The zero-order valence-corrected chi connectivity index (χ0v) is 9.30. The van der Waals surface area contributed by atoms with E-state index in [2.05, 4.69) is 10.6 Å². The van der Waals surface area contributed by atoms with E-state index in [1.807, 2.05) is 20.8 Å². The molecule has 1 heterocycles. The predicted molar refractivity (Wildman–Crippen MR) is 54.0 cm³/mol. The van der Waals surface area contributed by atoms with Gasteiger partial charge in [0.1, 0.15) is 5.60 Å². The molecule has 0 aromatic rings. The maximum absolute atomic E-state index is 11.3. The molecule has 0 unspecified atom stereocenters. The van der Waals surface area contributed by atoms with Crippen LogP contribution in [0.3, 0.4) is 0 Å². The summed E-state index contributed by atoms with van der Waals surface area (Å²) in [5.41, 5.74) is -0.397. The van der Waals surface area contributed by atoms with Crippen LogP contribution in [0.25, 0.3) is 0 Å². The molecule has 0 aromatic carbocycles. The van der Waals surface area contributed by atoms with Gasteiger partial charge in [-0.1, -0.05) is 0 Å². The topological polar surface area (TPSA) is 54.9 Å². The van der Waals surface area contributed by atoms with E-state index in [9.17, 15) is 4.79 Å². The molecular weight excluding hydrogens is 180 g/mol. The number of carbonyl (C=O) groups excluding carboxylic acids is 1. The summed E-state index contributed by atoms with van der Waals surface area (Å²) in [6.07, 6.45) is 0.889. The van der Waals surface area contributed by atoms with Gasteiger partial charge in [-0.25, -0.2) is 4.79 Å². The summed E-state index contributed by atoms with van der Waals surface area (Å²) in [5, 5.41) is 5.08. The van der Waals surface area contributed by atoms with Gasteiger partial charge in [0.15, 0.2) is 0 Å². The molecule has 0 spiro atoms. The minimum atomic E-state index is -0.397. The van der Waals surface area contributed by atoms with Crippen molar-refractivity contribution >= 4 is 6.09 Å². The minimum absolute atomic E-state index is 0.301. The van der Waals surface area contributed by atoms with Crippen LogP contribution in [0.15, 0.2) is 0 Å². The van der Waals surface area contributed by atoms with Crippen LogP contribution in [0, 0.1) is 5.92 Å². The fraction of sp³-hybridized carbons (Fsp3) is 0.900. The second-order valence-corrected chi connectivity index (χ2v) is 4.85. The zero-order chi connectivity index (χ0) is 10.6. The van der Waals surface area contributed by atoms with Gasteiger partial charge in [-0.3, -0.25) is 0 Å². The fourth-order valence-electron chi connectivity index (χ4n) is 1.55. The van der Waals surface area contributed by atoms with Crippen molar-refractivity contribution in [2.24, 2.45) is 5.92 Å². The quantitative estimate of drug-likeness (QED) is 0.665. The normalized spacial score (nSPS) is 22.1. The largest absolute Gasteiger partial charge is 0.444 e. The molecule has 1 atom stereocenters. The molecule has 1 rings (SSSR count). The van der Waals surface area contributed by atoms with Crippen LogP contribution < -0.4 is 10.6 Å². The summed E-state index contributed by atoms with van der Waals surface area (Å²) in [4.78, 5) is 11.3. The van der Waals surface area contributed by atoms with E-state index in [0.29, 0.717) is 5.92 Å². The van der Waals surface area contributed by atoms with Gasteiger partial charge in [-0.15, -0.1) is 0 Å². The summed E-state index contributed by atoms with van der Waals surface area (Å²) in [5.74, 6) is 0.613. The highest BCUT2D eigenvalue weighted by Crippen LogP contribution is 2.07. The molecule has 4 nitrogen and oxygen atoms in total. The summed E-state index contributed by atoms with van der Waals surface area (Å²) in [7, 11) is 0. The van der Waals surface area contributed by atoms with Crippen molar-refractivity contribution in [3.63, 3.8) is 0 Å². The van der Waals surface area contributed by atoms with Gasteiger partial charge in [0.2, 0.25) is 0 Å². The average molecular weight is 201 g/mol. The van der Waals surface area contributed by atoms with Gasteiger partial charge in [-0.05, 0) is 20.8 Å². The van der Waals surface area contributed by atoms with Crippen molar-refractivity contribution in [3.8, 4) is 0 Å². The molecule has 1 amide bonds. The van der Waals surface area contributed by atoms with E-state index in [1.54, 1.807) is 0 Å². The van der Waals surface area contributed by atoms with E-state index in [4.69, 9.17) is 4.74 Å². The lowest BCUT2D eigenvalue weighted by Gasteiger charge is -2.20. The van der Waals surface area contributed by atoms with Gasteiger partial charge in [0, 0.05) is 18.9 Å². The molecular formula is C10H21N2O2+. The van der Waals surface area contributed by atoms with Gasteiger partial charge < -0.3 is 15.4 Å². The van der Waals surface area contributed by atoms with Gasteiger partial charge in [0.05, 0.1) is 13.1 Å². The number of nitrogens with two attached hydrogens (primary N) is 1. The monoisotopic (exact) mass is 201 g/mol. The first-order chi connectivity index (χ1) is 6.47. The molecule has 1 aliphatic rings. The zero-order valence-electron chi connectivity index (χ0n) is 9.30. The maximum atomic E-state index is 11.3. The van der Waals surface area contributed by atoms with E-state index >= 15 is 0 Å². The molecule has 14 heavy (non-hydrogen) atoms. The van der Waals surface area contributed by atoms with Crippen LogP contribution >= 0.6 is 0 Å². The first kappa shape index (κ1) is 11.3. The Morgan fingerprint density at radius 3 is 2.79 bits per heavy atom. The summed E-state index contributed by atoms with van der Waals surface area (Å²) in [6.45, 7) is 8.66. The Hall–Kier alpha value is -0.770. The standard InChI is InChI=1S/C10H20N2O2/c1-10(2,3)14-9(13)12-7-8-4-5-11-6-8/h8,11H,4-7H2,1-3H3,(H,12,13)/p+1/t8-/m1/s1. The van der Waals surface area contributed by atoms with Crippen molar-refractivity contribution < 1.29 is 14.8 Å². The van der Waals surface area contributed by atoms with Crippen LogP contribution in [0.4, 0.5) is 4.79 Å². The van der Waals surface area contributed by atoms with Crippen LogP contribution in [-0.4, -0.2) is 31.3 Å². The van der Waals surface area contributed by atoms with E-state index in [0.717, 1.165) is 13.1 Å². The number of nitrogens with one attached hydrogen (secondary N) is 1. The highest BCUT2D eigenvalue weighted by Gasteiger charge is 2.20. The first-order valence-corrected chi connectivity index (χ1v) is 5.26. The van der Waals surface area contributed by atoms with Crippen molar-refractivity contribution in [1.82, 2.24) is 5.32 Å². The Kier molecular flexibility index (Phi) is 3.75. The minimum Gasteiger partial charge on any atom is -0.444 e. The number of hydrogen-bond donors (Lipinski definition) is 2. The molecule has 0 radical (unpaired) electrons. The first-order valence-electron chi connectivity index (χ1n) is 5.26. The highest BCUT2D eigenvalue weighted by atomic mass is 16.6. The van der Waals surface area contributed by atoms with Crippen molar-refractivity contribution in [3.05, 3.63) is 0 Å². The Morgan fingerprint density at radius 2 is 2.29 bits per heavy atom. The van der Waals surface area contributed by atoms with Crippen molar-refractivity contribution in [2.75, 3.05) is 19.6 Å². The summed E-state index contributed by atoms with van der Waals surface area (Å²) in [6, 6.07) is 0. The molecule has 3 N–H and O–H groups in total.